The Morgan fingerprint density at radius 1 is 2.00 bits per heavy atom. The summed E-state index contributed by atoms with van der Waals surface area (Å²) in [7, 11) is 0. The number of nitriles is 1. The van der Waals surface area contributed by atoms with E-state index < -0.39 is 0 Å². The van der Waals surface area contributed by atoms with Gasteiger partial charge in [0, 0.05) is 0 Å². The number of thiol groups is 1. The average Bonchev–Trinajstić information content (AvgIpc) is 1.41. The Kier molecular flexibility index (Phi) is 3.43. The van der Waals surface area contributed by atoms with Crippen molar-refractivity contribution in [2.24, 2.45) is 0 Å². The lowest BCUT2D eigenvalue weighted by Crippen LogP contribution is -1.47. The topological polar surface area (TPSA) is 44.0 Å². The summed E-state index contributed by atoms with van der Waals surface area (Å²) in [5.74, 6) is 0. The van der Waals surface area contributed by atoms with Crippen LogP contribution in [0.1, 0.15) is 0 Å². The second kappa shape index (κ2) is 3.67. The zero-order valence-electron chi connectivity index (χ0n) is 2.42. The molecule has 0 unspecified atom stereocenters. The molecule has 0 aliphatic rings. The van der Waals surface area contributed by atoms with E-state index in [0.29, 0.717) is 0 Å². The van der Waals surface area contributed by atoms with Gasteiger partial charge in [0.15, 0.2) is 0 Å². The van der Waals surface area contributed by atoms with Crippen LogP contribution in [-0.2, 0) is 0 Å². The summed E-state index contributed by atoms with van der Waals surface area (Å²) < 4.78 is 7.76. The van der Waals surface area contributed by atoms with Crippen LogP contribution in [0.15, 0.2) is 0 Å². The number of hydrogen-bond acceptors (Lipinski definition) is 2. The van der Waals surface area contributed by atoms with E-state index in [2.05, 4.69) is 0 Å². The number of nitrogens with zero attached hydrogens (tertiary/aromatic N) is 1. The molecule has 3 heteroatoms. The third-order valence-electron chi connectivity index (χ3n) is 0.115. The molecule has 0 radical (unpaired) electrons. The van der Waals surface area contributed by atoms with Crippen LogP contribution >= 0.6 is 11.6 Å². The summed E-state index contributed by atoms with van der Waals surface area (Å²) in [6.07, 6.45) is 0. The highest BCUT2D eigenvalue weighted by Crippen LogP contribution is 1.61. The highest BCUT2D eigenvalue weighted by atomic mass is 32.2. The molecule has 0 fully saturated rings. The zero-order valence-corrected chi connectivity index (χ0v) is 3.31. The molecule has 0 aromatic carbocycles. The molecule has 0 bridgehead atoms. The average molecular weight is 89.1 g/mol. The van der Waals surface area contributed by atoms with Crippen molar-refractivity contribution in [2.75, 3.05) is 0 Å². The van der Waals surface area contributed by atoms with Gasteiger partial charge in [-0.15, -0.1) is 0 Å². The SMILES string of the molecule is N#CC=[SH]O. The quantitative estimate of drug-likeness (QED) is 0.330. The van der Waals surface area contributed by atoms with Crippen molar-refractivity contribution in [3.05, 3.63) is 0 Å². The van der Waals surface area contributed by atoms with E-state index in [4.69, 9.17) is 9.81 Å². The lowest BCUT2D eigenvalue weighted by atomic mass is 10.9. The van der Waals surface area contributed by atoms with Gasteiger partial charge >= 0.3 is 0 Å². The lowest BCUT2D eigenvalue weighted by Gasteiger charge is -1.51. The summed E-state index contributed by atoms with van der Waals surface area (Å²) in [6, 6.07) is 1.63. The van der Waals surface area contributed by atoms with Gasteiger partial charge in [0.2, 0.25) is 0 Å². The molecule has 1 N–H and O–H groups in total. The summed E-state index contributed by atoms with van der Waals surface area (Å²) >= 11 is 0.0436. The van der Waals surface area contributed by atoms with Gasteiger partial charge in [0.05, 0.1) is 11.4 Å². The van der Waals surface area contributed by atoms with Crippen LogP contribution in [0.2, 0.25) is 0 Å². The van der Waals surface area contributed by atoms with E-state index in [9.17, 15) is 0 Å². The van der Waals surface area contributed by atoms with Crippen LogP contribution in [0.5, 0.6) is 0 Å². The maximum absolute atomic E-state index is 7.76. The van der Waals surface area contributed by atoms with Crippen molar-refractivity contribution in [2.45, 2.75) is 0 Å². The fourth-order valence-electron chi connectivity index (χ4n) is 0.0258. The van der Waals surface area contributed by atoms with Crippen LogP contribution in [-0.4, -0.2) is 9.92 Å². The molecule has 0 aliphatic carbocycles. The van der Waals surface area contributed by atoms with Gasteiger partial charge in [-0.2, -0.15) is 5.26 Å². The Bertz CT molecular complexity index is 72.2. The molecule has 0 rings (SSSR count). The Morgan fingerprint density at radius 3 is 2.60 bits per heavy atom. The predicted molar refractivity (Wildman–Crippen MR) is 23.3 cm³/mol. The molecule has 28 valence electrons. The summed E-state index contributed by atoms with van der Waals surface area (Å²) in [5.41, 5.74) is 0. The van der Waals surface area contributed by atoms with Crippen molar-refractivity contribution in [3.8, 4) is 6.07 Å². The molecule has 0 saturated heterocycles. The normalized spacial score (nSPS) is 9.60. The fourth-order valence-corrected chi connectivity index (χ4v) is 0.0775. The fraction of sp³-hybridized carbons (Fsp3) is 0. The molecular weight excluding hydrogens is 86.1 g/mol. The maximum atomic E-state index is 7.76. The van der Waals surface area contributed by atoms with Crippen LogP contribution in [0, 0.1) is 11.3 Å². The second-order valence-electron chi connectivity index (χ2n) is 0.374. The van der Waals surface area contributed by atoms with E-state index in [1.165, 1.54) is 0 Å². The van der Waals surface area contributed by atoms with Crippen molar-refractivity contribution in [3.63, 3.8) is 0 Å². The molecule has 0 spiro atoms. The van der Waals surface area contributed by atoms with Crippen molar-refractivity contribution < 1.29 is 4.55 Å². The van der Waals surface area contributed by atoms with Crippen LogP contribution in [0.4, 0.5) is 0 Å². The molecular formula is C2H3NOS. The van der Waals surface area contributed by atoms with E-state index in [1.54, 1.807) is 6.07 Å². The molecule has 0 amide bonds. The van der Waals surface area contributed by atoms with Gasteiger partial charge < -0.3 is 4.55 Å². The monoisotopic (exact) mass is 89.0 g/mol. The van der Waals surface area contributed by atoms with Gasteiger partial charge in [-0.1, -0.05) is 11.6 Å². The summed E-state index contributed by atoms with van der Waals surface area (Å²) in [6.45, 7) is 0. The highest BCUT2D eigenvalue weighted by molar-refractivity contribution is 7.92. The van der Waals surface area contributed by atoms with Crippen molar-refractivity contribution in [1.82, 2.24) is 0 Å². The van der Waals surface area contributed by atoms with E-state index in [-0.39, 0.29) is 11.6 Å². The van der Waals surface area contributed by atoms with Crippen molar-refractivity contribution >= 4 is 17.0 Å². The third-order valence-corrected chi connectivity index (χ3v) is 0.346. The van der Waals surface area contributed by atoms with Gasteiger partial charge in [-0.3, -0.25) is 0 Å². The van der Waals surface area contributed by atoms with Crippen LogP contribution in [0.3, 0.4) is 0 Å². The Labute approximate surface area is 33.8 Å². The largest absolute Gasteiger partial charge is 0.340 e. The van der Waals surface area contributed by atoms with E-state index in [1.807, 2.05) is 0 Å². The third kappa shape index (κ3) is 3.67. The standard InChI is InChI=1S/C2H3NOS/c3-1-2-5-4/h2,4-5H. The van der Waals surface area contributed by atoms with Gasteiger partial charge in [-0.25, -0.2) is 0 Å². The Morgan fingerprint density at radius 2 is 2.60 bits per heavy atom. The molecule has 0 atom stereocenters. The summed E-state index contributed by atoms with van der Waals surface area (Å²) in [4.78, 5) is 0. The Hall–Kier alpha value is -0.330. The molecule has 5 heavy (non-hydrogen) atoms. The first-order chi connectivity index (χ1) is 2.41. The number of rotatable bonds is 0. The van der Waals surface area contributed by atoms with Crippen molar-refractivity contribution in [1.29, 1.82) is 5.26 Å². The van der Waals surface area contributed by atoms with E-state index in [0.717, 1.165) is 5.37 Å². The minimum atomic E-state index is 0.0436. The maximum Gasteiger partial charge on any atom is 0.0992 e. The first-order valence-electron chi connectivity index (χ1n) is 0.970. The second-order valence-corrected chi connectivity index (χ2v) is 0.863. The molecule has 0 saturated carbocycles. The molecule has 0 aromatic rings. The minimum Gasteiger partial charge on any atom is -0.340 e. The zero-order chi connectivity index (χ0) is 4.12. The van der Waals surface area contributed by atoms with Gasteiger partial charge in [-0.05, 0) is 0 Å². The van der Waals surface area contributed by atoms with Crippen LogP contribution < -0.4 is 0 Å². The smallest absolute Gasteiger partial charge is 0.0992 e. The lowest BCUT2D eigenvalue weighted by molar-refractivity contribution is 0.677. The highest BCUT2D eigenvalue weighted by Gasteiger charge is 1.45. The summed E-state index contributed by atoms with van der Waals surface area (Å²) in [5, 5.41) is 8.68. The molecule has 0 aliphatic heterocycles. The van der Waals surface area contributed by atoms with Gasteiger partial charge in [0.25, 0.3) is 0 Å². The van der Waals surface area contributed by atoms with E-state index >= 15 is 0 Å². The first kappa shape index (κ1) is 4.67. The molecule has 2 nitrogen and oxygen atoms in total. The van der Waals surface area contributed by atoms with Crippen LogP contribution in [0.25, 0.3) is 0 Å². The Balaban J connectivity index is 3.04. The first-order valence-corrected chi connectivity index (χ1v) is 1.89. The predicted octanol–water partition coefficient (Wildman–Crippen LogP) is 0.251. The number of hydrogen-bond donors (Lipinski definition) is 2. The molecule has 0 heterocycles. The molecule has 0 aromatic heterocycles. The minimum absolute atomic E-state index is 0.0436. The van der Waals surface area contributed by atoms with Gasteiger partial charge in [0.1, 0.15) is 0 Å².